The van der Waals surface area contributed by atoms with Crippen LogP contribution >= 0.6 is 0 Å². The summed E-state index contributed by atoms with van der Waals surface area (Å²) in [6, 6.07) is 5.76. The van der Waals surface area contributed by atoms with E-state index in [4.69, 9.17) is 13.7 Å². The van der Waals surface area contributed by atoms with Crippen LogP contribution in [-0.2, 0) is 11.8 Å². The standard InChI is InChI=1S/C27H20/c1-18-14-15-20-17-19-8-2-5-11-23(19)27(26(20)16-18)24-12-6-3-9-21(24)22-10-4-7-13-25(22)27/h2-16H,17H2,1H3/i3D,4D,6D,7D,9D,10D,12D,13D,14D,16D. The van der Waals surface area contributed by atoms with E-state index in [2.05, 4.69) is 0 Å². The summed E-state index contributed by atoms with van der Waals surface area (Å²) in [5.41, 5.74) is 1.54. The van der Waals surface area contributed by atoms with Crippen LogP contribution in [0.5, 0.6) is 0 Å². The van der Waals surface area contributed by atoms with Crippen LogP contribution in [0, 0.1) is 6.92 Å². The largest absolute Gasteiger partial charge is 0.0719 e. The lowest BCUT2D eigenvalue weighted by Gasteiger charge is -2.40. The first-order chi connectivity index (χ1) is 17.5. The van der Waals surface area contributed by atoms with Crippen molar-refractivity contribution in [3.8, 4) is 11.1 Å². The Morgan fingerprint density at radius 1 is 0.704 bits per heavy atom. The molecule has 4 aromatic carbocycles. The molecule has 0 fully saturated rings. The molecule has 0 radical (unpaired) electrons. The molecular weight excluding hydrogens is 324 g/mol. The van der Waals surface area contributed by atoms with Crippen LogP contribution in [0.15, 0.2) is 90.8 Å². The molecule has 0 unspecified atom stereocenters. The van der Waals surface area contributed by atoms with Crippen LogP contribution in [0.1, 0.15) is 52.7 Å². The first-order valence-electron chi connectivity index (χ1n) is 13.9. The Bertz CT molecular complexity index is 1650. The molecule has 0 saturated carbocycles. The molecule has 0 N–H and O–H groups in total. The number of hydrogen-bond donors (Lipinski definition) is 0. The lowest BCUT2D eigenvalue weighted by Crippen LogP contribution is -2.34. The van der Waals surface area contributed by atoms with Gasteiger partial charge in [0.15, 0.2) is 0 Å². The highest BCUT2D eigenvalue weighted by molar-refractivity contribution is 5.87. The molecule has 0 atom stereocenters. The normalized spacial score (nSPS) is 20.2. The lowest BCUT2D eigenvalue weighted by atomic mass is 9.61. The van der Waals surface area contributed by atoms with Crippen molar-refractivity contribution in [2.75, 3.05) is 0 Å². The summed E-state index contributed by atoms with van der Waals surface area (Å²) in [6.45, 7) is 1.65. The number of benzene rings is 4. The Balaban J connectivity index is 2.01. The monoisotopic (exact) mass is 354 g/mol. The Morgan fingerprint density at radius 2 is 1.33 bits per heavy atom. The second kappa shape index (κ2) is 5.20. The summed E-state index contributed by atoms with van der Waals surface area (Å²) in [6.07, 6.45) is 0.382. The van der Waals surface area contributed by atoms with Crippen LogP contribution in [0.4, 0.5) is 0 Å². The van der Waals surface area contributed by atoms with Crippen molar-refractivity contribution in [3.63, 3.8) is 0 Å². The smallest absolute Gasteiger partial charge is 0.0620 e. The quantitative estimate of drug-likeness (QED) is 0.302. The molecule has 27 heavy (non-hydrogen) atoms. The van der Waals surface area contributed by atoms with Gasteiger partial charge in [-0.15, -0.1) is 0 Å². The van der Waals surface area contributed by atoms with Gasteiger partial charge in [-0.05, 0) is 57.9 Å². The van der Waals surface area contributed by atoms with Gasteiger partial charge in [-0.3, -0.25) is 0 Å². The summed E-state index contributed by atoms with van der Waals surface area (Å²) < 4.78 is 87.1. The van der Waals surface area contributed by atoms with E-state index in [1.54, 1.807) is 19.1 Å². The molecule has 2 aliphatic rings. The van der Waals surface area contributed by atoms with Gasteiger partial charge >= 0.3 is 0 Å². The molecule has 0 aliphatic heterocycles. The second-order valence-electron chi connectivity index (χ2n) is 7.02. The summed E-state index contributed by atoms with van der Waals surface area (Å²) in [7, 11) is 0. The van der Waals surface area contributed by atoms with Crippen molar-refractivity contribution in [2.24, 2.45) is 0 Å². The van der Waals surface area contributed by atoms with Crippen molar-refractivity contribution >= 4 is 0 Å². The molecule has 4 aromatic rings. The van der Waals surface area contributed by atoms with Crippen LogP contribution in [0.3, 0.4) is 0 Å². The molecule has 0 bridgehead atoms. The Kier molecular flexibility index (Phi) is 1.59. The van der Waals surface area contributed by atoms with Crippen molar-refractivity contribution in [1.82, 2.24) is 0 Å². The topological polar surface area (TPSA) is 0 Å². The highest BCUT2D eigenvalue weighted by Crippen LogP contribution is 2.59. The number of hydrogen-bond acceptors (Lipinski definition) is 0. The molecule has 128 valence electrons. The molecule has 1 spiro atoms. The minimum Gasteiger partial charge on any atom is -0.0620 e. The van der Waals surface area contributed by atoms with Gasteiger partial charge in [-0.2, -0.15) is 0 Å². The van der Waals surface area contributed by atoms with Crippen LogP contribution in [0.2, 0.25) is 0 Å². The maximum Gasteiger partial charge on any atom is 0.0719 e. The molecule has 0 amide bonds. The van der Waals surface area contributed by atoms with Gasteiger partial charge in [0, 0.05) is 0 Å². The third-order valence-corrected chi connectivity index (χ3v) is 5.65. The van der Waals surface area contributed by atoms with E-state index in [0.717, 1.165) is 5.56 Å². The average Bonchev–Trinajstić information content (AvgIpc) is 3.19. The van der Waals surface area contributed by atoms with Gasteiger partial charge in [0.05, 0.1) is 19.1 Å². The predicted molar refractivity (Wildman–Crippen MR) is 111 cm³/mol. The predicted octanol–water partition coefficient (Wildman–Crippen LogP) is 6.26. The minimum atomic E-state index is -1.59. The minimum absolute atomic E-state index is 0.0237. The van der Waals surface area contributed by atoms with Gasteiger partial charge in [0.1, 0.15) is 0 Å². The molecular formula is C27H20. The third kappa shape index (κ3) is 1.78. The Hall–Kier alpha value is -3.12. The van der Waals surface area contributed by atoms with Gasteiger partial charge in [0.2, 0.25) is 0 Å². The van der Waals surface area contributed by atoms with E-state index in [1.807, 2.05) is 18.2 Å². The Labute approximate surface area is 174 Å². The molecule has 6 rings (SSSR count). The van der Waals surface area contributed by atoms with E-state index < -0.39 is 29.6 Å². The van der Waals surface area contributed by atoms with Crippen molar-refractivity contribution in [3.05, 3.63) is 130 Å². The molecule has 0 nitrogen and oxygen atoms in total. The van der Waals surface area contributed by atoms with Gasteiger partial charge in [0.25, 0.3) is 0 Å². The lowest BCUT2D eigenvalue weighted by molar-refractivity contribution is 0.721. The summed E-state index contributed by atoms with van der Waals surface area (Å²) in [4.78, 5) is 0. The first-order valence-corrected chi connectivity index (χ1v) is 8.86. The first kappa shape index (κ1) is 8.27. The van der Waals surface area contributed by atoms with Gasteiger partial charge in [-0.1, -0.05) is 96.3 Å². The third-order valence-electron chi connectivity index (χ3n) is 5.65. The van der Waals surface area contributed by atoms with Crippen LogP contribution in [-0.4, -0.2) is 0 Å². The number of rotatable bonds is 0. The van der Waals surface area contributed by atoms with E-state index in [0.29, 0.717) is 28.7 Å². The second-order valence-corrected chi connectivity index (χ2v) is 7.02. The molecule has 0 aromatic heterocycles. The fourth-order valence-corrected chi connectivity index (χ4v) is 4.63. The SMILES string of the molecule is [2H]c1cc2c(c([2H])c1C)C1(c3ccccc3C2)c2c([2H])c([2H])c([2H])c([2H])c2-c2c([2H])c([2H])c([2H])c([2H])c21. The summed E-state index contributed by atoms with van der Waals surface area (Å²) in [5.74, 6) is 0. The van der Waals surface area contributed by atoms with Gasteiger partial charge in [-0.25, -0.2) is 0 Å². The highest BCUT2D eigenvalue weighted by atomic mass is 14.5. The van der Waals surface area contributed by atoms with Crippen LogP contribution < -0.4 is 0 Å². The maximum absolute atomic E-state index is 9.16. The zero-order valence-electron chi connectivity index (χ0n) is 24.6. The van der Waals surface area contributed by atoms with Crippen molar-refractivity contribution in [1.29, 1.82) is 0 Å². The van der Waals surface area contributed by atoms with Crippen molar-refractivity contribution in [2.45, 2.75) is 18.8 Å². The molecule has 0 saturated heterocycles. The Morgan fingerprint density at radius 3 is 2.07 bits per heavy atom. The molecule has 2 aliphatic carbocycles. The van der Waals surface area contributed by atoms with E-state index >= 15 is 0 Å². The average molecular weight is 355 g/mol. The molecule has 0 heteroatoms. The zero-order valence-corrected chi connectivity index (χ0v) is 14.6. The fraction of sp³-hybridized carbons (Fsp3) is 0.111. The van der Waals surface area contributed by atoms with E-state index in [-0.39, 0.29) is 58.5 Å². The fourth-order valence-electron chi connectivity index (χ4n) is 4.63. The number of fused-ring (bicyclic) bond motifs is 9. The molecule has 0 heterocycles. The highest BCUT2D eigenvalue weighted by Gasteiger charge is 2.49. The summed E-state index contributed by atoms with van der Waals surface area (Å²) in [5, 5.41) is 0. The van der Waals surface area contributed by atoms with Gasteiger partial charge < -0.3 is 0 Å². The van der Waals surface area contributed by atoms with Crippen molar-refractivity contribution < 1.29 is 13.7 Å². The van der Waals surface area contributed by atoms with Crippen LogP contribution in [0.25, 0.3) is 11.1 Å². The zero-order chi connectivity index (χ0) is 26.7. The van der Waals surface area contributed by atoms with E-state index in [1.165, 1.54) is 0 Å². The summed E-state index contributed by atoms with van der Waals surface area (Å²) >= 11 is 0. The maximum atomic E-state index is 9.16. The van der Waals surface area contributed by atoms with E-state index in [9.17, 15) is 0 Å².